The number of hydrogen-bond acceptors (Lipinski definition) is 4. The maximum Gasteiger partial charge on any atom is 0.422 e. The van der Waals surface area contributed by atoms with E-state index in [1.54, 1.807) is 32.9 Å². The molecule has 0 fully saturated rings. The van der Waals surface area contributed by atoms with E-state index in [0.717, 1.165) is 0 Å². The Morgan fingerprint density at radius 3 is 2.52 bits per heavy atom. The molecule has 2 rings (SSSR count). The van der Waals surface area contributed by atoms with Crippen LogP contribution in [0.25, 0.3) is 0 Å². The topological polar surface area (TPSA) is 70.5 Å². The molecular weight excluding hydrogens is 383 g/mol. The Morgan fingerprint density at radius 2 is 2.00 bits per heavy atom. The highest BCUT2D eigenvalue weighted by Crippen LogP contribution is 2.43. The van der Waals surface area contributed by atoms with E-state index in [2.05, 4.69) is 15.0 Å². The molecule has 1 aromatic carbocycles. The van der Waals surface area contributed by atoms with Crippen molar-refractivity contribution in [3.05, 3.63) is 40.8 Å². The number of aliphatic imine (C=N–C) groups is 1. The van der Waals surface area contributed by atoms with Crippen molar-refractivity contribution in [2.45, 2.75) is 44.4 Å². The predicted octanol–water partition coefficient (Wildman–Crippen LogP) is 4.74. The van der Waals surface area contributed by atoms with Gasteiger partial charge in [0.1, 0.15) is 17.4 Å². The van der Waals surface area contributed by atoms with Crippen molar-refractivity contribution in [1.29, 1.82) is 0 Å². The number of imidazole rings is 1. The Labute approximate surface area is 160 Å². The minimum Gasteiger partial charge on any atom is -0.496 e. The second-order valence-electron chi connectivity index (χ2n) is 6.94. The van der Waals surface area contributed by atoms with E-state index in [-0.39, 0.29) is 5.82 Å². The zero-order valence-electron chi connectivity index (χ0n) is 15.4. The number of halogens is 4. The van der Waals surface area contributed by atoms with Gasteiger partial charge in [-0.25, -0.2) is 9.98 Å². The Bertz CT molecular complexity index is 833. The molecule has 9 heteroatoms. The van der Waals surface area contributed by atoms with E-state index >= 15 is 0 Å². The summed E-state index contributed by atoms with van der Waals surface area (Å²) in [6, 6.07) is 4.68. The Kier molecular flexibility index (Phi) is 5.91. The quantitative estimate of drug-likeness (QED) is 0.684. The van der Waals surface area contributed by atoms with Crippen molar-refractivity contribution < 1.29 is 23.0 Å². The van der Waals surface area contributed by atoms with Crippen molar-refractivity contribution in [1.82, 2.24) is 9.97 Å². The molecule has 0 aliphatic carbocycles. The first kappa shape index (κ1) is 21.2. The van der Waals surface area contributed by atoms with E-state index in [4.69, 9.17) is 16.3 Å². The van der Waals surface area contributed by atoms with Gasteiger partial charge < -0.3 is 14.8 Å². The Balaban J connectivity index is 2.41. The smallest absolute Gasteiger partial charge is 0.422 e. The summed E-state index contributed by atoms with van der Waals surface area (Å²) in [5, 5.41) is 10.9. The lowest BCUT2D eigenvalue weighted by Crippen LogP contribution is -2.50. The van der Waals surface area contributed by atoms with E-state index in [9.17, 15) is 18.3 Å². The van der Waals surface area contributed by atoms with Gasteiger partial charge in [0.05, 0.1) is 13.3 Å². The van der Waals surface area contributed by atoms with Crippen LogP contribution in [-0.4, -0.2) is 40.2 Å². The van der Waals surface area contributed by atoms with Crippen LogP contribution in [0, 0.1) is 6.92 Å². The monoisotopic (exact) mass is 403 g/mol. The number of aromatic nitrogens is 2. The number of alkyl halides is 3. The van der Waals surface area contributed by atoms with E-state index in [1.807, 2.05) is 0 Å². The number of benzene rings is 1. The van der Waals surface area contributed by atoms with Crippen LogP contribution in [0.4, 0.5) is 19.0 Å². The molecule has 0 aliphatic heterocycles. The third kappa shape index (κ3) is 4.81. The van der Waals surface area contributed by atoms with Crippen LogP contribution in [0.5, 0.6) is 5.75 Å². The number of aliphatic hydroxyl groups is 1. The summed E-state index contributed by atoms with van der Waals surface area (Å²) in [6.45, 7) is 4.82. The number of aromatic amines is 1. The summed E-state index contributed by atoms with van der Waals surface area (Å²) < 4.78 is 46.3. The molecule has 0 bridgehead atoms. The first-order valence-electron chi connectivity index (χ1n) is 8.08. The number of nitrogens with zero attached hydrogens (tertiary/aromatic N) is 2. The maximum absolute atomic E-state index is 13.7. The van der Waals surface area contributed by atoms with Crippen LogP contribution >= 0.6 is 11.6 Å². The molecule has 0 amide bonds. The van der Waals surface area contributed by atoms with E-state index in [1.165, 1.54) is 19.4 Å². The molecule has 1 atom stereocenters. The van der Waals surface area contributed by atoms with Crippen molar-refractivity contribution in [2.75, 3.05) is 7.11 Å². The molecule has 2 N–H and O–H groups in total. The summed E-state index contributed by atoms with van der Waals surface area (Å²) in [6.07, 6.45) is -3.80. The van der Waals surface area contributed by atoms with Crippen LogP contribution in [-0.2, 0) is 5.41 Å². The maximum atomic E-state index is 13.7. The van der Waals surface area contributed by atoms with Crippen molar-refractivity contribution >= 4 is 23.6 Å². The van der Waals surface area contributed by atoms with Crippen molar-refractivity contribution in [3.8, 4) is 5.75 Å². The summed E-state index contributed by atoms with van der Waals surface area (Å²) in [5.41, 5.74) is -3.76. The minimum atomic E-state index is -4.93. The number of nitrogens with one attached hydrogen (secondary N) is 1. The molecule has 0 radical (unpaired) electrons. The third-order valence-corrected chi connectivity index (χ3v) is 4.44. The van der Waals surface area contributed by atoms with E-state index < -0.39 is 23.6 Å². The first-order chi connectivity index (χ1) is 12.4. The summed E-state index contributed by atoms with van der Waals surface area (Å²) in [4.78, 5) is 10.3. The van der Waals surface area contributed by atoms with Crippen LogP contribution in [0.2, 0.25) is 5.02 Å². The highest BCUT2D eigenvalue weighted by atomic mass is 35.5. The molecule has 1 aromatic heterocycles. The average molecular weight is 404 g/mol. The lowest BCUT2D eigenvalue weighted by molar-refractivity contribution is -0.234. The molecule has 5 nitrogen and oxygen atoms in total. The van der Waals surface area contributed by atoms with Crippen LogP contribution in [0.3, 0.4) is 0 Å². The highest BCUT2D eigenvalue weighted by molar-refractivity contribution is 6.30. The highest BCUT2D eigenvalue weighted by Gasteiger charge is 2.55. The summed E-state index contributed by atoms with van der Waals surface area (Å²) >= 11 is 5.93. The van der Waals surface area contributed by atoms with Gasteiger partial charge in [0.15, 0.2) is 5.60 Å². The Morgan fingerprint density at radius 1 is 1.33 bits per heavy atom. The minimum absolute atomic E-state index is 0.122. The van der Waals surface area contributed by atoms with Gasteiger partial charge in [0.2, 0.25) is 0 Å². The molecule has 1 heterocycles. The third-order valence-electron chi connectivity index (χ3n) is 4.20. The zero-order chi connectivity index (χ0) is 20.5. The SMILES string of the molecule is COc1cc(Cl)ccc1C(C)(C)CC(O)(C=Nc1cnc(C)[nH]1)C(F)(F)F. The molecule has 148 valence electrons. The fourth-order valence-corrected chi connectivity index (χ4v) is 3.02. The standard InChI is InChI=1S/C18H21ClF3N3O2/c1-11-23-8-15(25-11)24-10-17(26,18(20,21)22)9-16(2,3)13-6-5-12(19)7-14(13)27-4/h5-8,10,26H,9H2,1-4H3,(H,23,25). The largest absolute Gasteiger partial charge is 0.496 e. The van der Waals surface area contributed by atoms with Crippen molar-refractivity contribution in [2.24, 2.45) is 4.99 Å². The van der Waals surface area contributed by atoms with Gasteiger partial charge >= 0.3 is 6.18 Å². The van der Waals surface area contributed by atoms with Gasteiger partial charge in [-0.15, -0.1) is 0 Å². The number of methoxy groups -OCH3 is 1. The molecule has 2 aromatic rings. The molecular formula is C18H21ClF3N3O2. The molecule has 27 heavy (non-hydrogen) atoms. The second-order valence-corrected chi connectivity index (χ2v) is 7.38. The Hall–Kier alpha value is -2.06. The predicted molar refractivity (Wildman–Crippen MR) is 98.1 cm³/mol. The van der Waals surface area contributed by atoms with Crippen LogP contribution in [0.15, 0.2) is 29.4 Å². The van der Waals surface area contributed by atoms with Gasteiger partial charge in [0, 0.05) is 11.2 Å². The fraction of sp³-hybridized carbons (Fsp3) is 0.444. The molecule has 1 unspecified atom stereocenters. The summed E-state index contributed by atoms with van der Waals surface area (Å²) in [7, 11) is 1.41. The van der Waals surface area contributed by atoms with Gasteiger partial charge in [-0.05, 0) is 36.5 Å². The van der Waals surface area contributed by atoms with Crippen LogP contribution in [0.1, 0.15) is 31.7 Å². The molecule has 0 saturated carbocycles. The number of ether oxygens (including phenoxy) is 1. The average Bonchev–Trinajstić information content (AvgIpc) is 2.96. The molecule has 0 saturated heterocycles. The van der Waals surface area contributed by atoms with Crippen LogP contribution < -0.4 is 4.74 Å². The van der Waals surface area contributed by atoms with Gasteiger partial charge in [-0.1, -0.05) is 31.5 Å². The zero-order valence-corrected chi connectivity index (χ0v) is 16.1. The number of hydrogen-bond donors (Lipinski definition) is 2. The lowest BCUT2D eigenvalue weighted by Gasteiger charge is -2.36. The van der Waals surface area contributed by atoms with Gasteiger partial charge in [-0.2, -0.15) is 13.2 Å². The number of aryl methyl sites for hydroxylation is 1. The van der Waals surface area contributed by atoms with Gasteiger partial charge in [0.25, 0.3) is 0 Å². The molecule has 0 spiro atoms. The van der Waals surface area contributed by atoms with Gasteiger partial charge in [-0.3, -0.25) is 0 Å². The lowest BCUT2D eigenvalue weighted by atomic mass is 9.75. The second kappa shape index (κ2) is 7.52. The number of H-pyrrole nitrogens is 1. The van der Waals surface area contributed by atoms with Crippen molar-refractivity contribution in [3.63, 3.8) is 0 Å². The normalized spacial score (nSPS) is 15.1. The van der Waals surface area contributed by atoms with E-state index in [0.29, 0.717) is 28.4 Å². The molecule has 0 aliphatic rings. The summed E-state index contributed by atoms with van der Waals surface area (Å²) in [5.74, 6) is 0.971. The first-order valence-corrected chi connectivity index (χ1v) is 8.46. The number of rotatable bonds is 6. The fourth-order valence-electron chi connectivity index (χ4n) is 2.86.